The highest BCUT2D eigenvalue weighted by atomic mass is 16.1. The van der Waals surface area contributed by atoms with Crippen LogP contribution >= 0.6 is 0 Å². The number of carbonyl (C=O) groups is 1. The summed E-state index contributed by atoms with van der Waals surface area (Å²) in [4.78, 5) is 11.6. The zero-order valence-electron chi connectivity index (χ0n) is 8.36. The van der Waals surface area contributed by atoms with Crippen LogP contribution in [0.25, 0.3) is 0 Å². The molecule has 0 aliphatic carbocycles. The predicted octanol–water partition coefficient (Wildman–Crippen LogP) is 0.865. The maximum absolute atomic E-state index is 11.6. The summed E-state index contributed by atoms with van der Waals surface area (Å²) in [5.41, 5.74) is 6.55. The number of carbonyl (C=O) groups excluding carboxylic acids is 1. The average Bonchev–Trinajstić information content (AvgIpc) is 2.21. The summed E-state index contributed by atoms with van der Waals surface area (Å²) in [5.74, 6) is -0.225. The van der Waals surface area contributed by atoms with Gasteiger partial charge in [0, 0.05) is 13.1 Å². The first-order chi connectivity index (χ1) is 6.79. The summed E-state index contributed by atoms with van der Waals surface area (Å²) in [6.45, 7) is 2.88. The molecular formula is C11H16N2O. The maximum atomic E-state index is 11.6. The number of nitrogens with two attached hydrogens (primary N) is 1. The van der Waals surface area contributed by atoms with E-state index in [1.165, 1.54) is 0 Å². The molecule has 14 heavy (non-hydrogen) atoms. The molecular weight excluding hydrogens is 176 g/mol. The summed E-state index contributed by atoms with van der Waals surface area (Å²) in [5, 5.41) is 2.78. The number of hydrogen-bond acceptors (Lipinski definition) is 2. The van der Waals surface area contributed by atoms with Crippen molar-refractivity contribution in [3.8, 4) is 0 Å². The van der Waals surface area contributed by atoms with Crippen LogP contribution in [0.15, 0.2) is 30.3 Å². The molecule has 3 nitrogen and oxygen atoms in total. The van der Waals surface area contributed by atoms with Gasteiger partial charge in [-0.2, -0.15) is 0 Å². The van der Waals surface area contributed by atoms with Crippen molar-refractivity contribution in [2.75, 3.05) is 13.1 Å². The molecule has 1 amide bonds. The van der Waals surface area contributed by atoms with Gasteiger partial charge in [0.2, 0.25) is 5.91 Å². The SMILES string of the molecule is CCNC(=O)C(CN)c1ccccc1. The Bertz CT molecular complexity index is 285. The lowest BCUT2D eigenvalue weighted by molar-refractivity contribution is -0.122. The average molecular weight is 192 g/mol. The van der Waals surface area contributed by atoms with Gasteiger partial charge in [-0.15, -0.1) is 0 Å². The van der Waals surface area contributed by atoms with Crippen LogP contribution in [0.5, 0.6) is 0 Å². The monoisotopic (exact) mass is 192 g/mol. The third-order valence-corrected chi connectivity index (χ3v) is 2.11. The molecule has 0 fully saturated rings. The van der Waals surface area contributed by atoms with Crippen molar-refractivity contribution in [2.24, 2.45) is 5.73 Å². The van der Waals surface area contributed by atoms with Gasteiger partial charge in [-0.25, -0.2) is 0 Å². The highest BCUT2D eigenvalue weighted by Crippen LogP contribution is 2.13. The van der Waals surface area contributed by atoms with Crippen LogP contribution in [-0.4, -0.2) is 19.0 Å². The first-order valence-corrected chi connectivity index (χ1v) is 4.82. The normalized spacial score (nSPS) is 12.1. The Morgan fingerprint density at radius 3 is 2.57 bits per heavy atom. The number of nitrogens with one attached hydrogen (secondary N) is 1. The number of hydrogen-bond donors (Lipinski definition) is 2. The summed E-state index contributed by atoms with van der Waals surface area (Å²) in [6, 6.07) is 9.60. The van der Waals surface area contributed by atoms with E-state index in [9.17, 15) is 4.79 Å². The van der Waals surface area contributed by atoms with Crippen molar-refractivity contribution in [2.45, 2.75) is 12.8 Å². The van der Waals surface area contributed by atoms with Gasteiger partial charge < -0.3 is 11.1 Å². The van der Waals surface area contributed by atoms with Gasteiger partial charge in [0.05, 0.1) is 5.92 Å². The van der Waals surface area contributed by atoms with Crippen LogP contribution in [0.3, 0.4) is 0 Å². The molecule has 3 N–H and O–H groups in total. The molecule has 0 heterocycles. The minimum absolute atomic E-state index is 0.00111. The van der Waals surface area contributed by atoms with E-state index >= 15 is 0 Å². The lowest BCUT2D eigenvalue weighted by atomic mass is 9.98. The summed E-state index contributed by atoms with van der Waals surface area (Å²) < 4.78 is 0. The van der Waals surface area contributed by atoms with Gasteiger partial charge in [0.1, 0.15) is 0 Å². The maximum Gasteiger partial charge on any atom is 0.228 e. The minimum Gasteiger partial charge on any atom is -0.356 e. The molecule has 1 unspecified atom stereocenters. The second kappa shape index (κ2) is 5.40. The van der Waals surface area contributed by atoms with Crippen LogP contribution < -0.4 is 11.1 Å². The van der Waals surface area contributed by atoms with E-state index in [0.29, 0.717) is 13.1 Å². The lowest BCUT2D eigenvalue weighted by Gasteiger charge is -2.14. The van der Waals surface area contributed by atoms with Gasteiger partial charge in [-0.05, 0) is 12.5 Å². The number of benzene rings is 1. The van der Waals surface area contributed by atoms with Crippen LogP contribution in [0.4, 0.5) is 0 Å². The van der Waals surface area contributed by atoms with E-state index in [1.54, 1.807) is 0 Å². The van der Waals surface area contributed by atoms with Gasteiger partial charge in [-0.3, -0.25) is 4.79 Å². The molecule has 0 aliphatic heterocycles. The second-order valence-corrected chi connectivity index (χ2v) is 3.09. The van der Waals surface area contributed by atoms with Gasteiger partial charge in [0.15, 0.2) is 0 Å². The molecule has 0 saturated heterocycles. The van der Waals surface area contributed by atoms with E-state index in [4.69, 9.17) is 5.73 Å². The standard InChI is InChI=1S/C11H16N2O/c1-2-13-11(14)10(8-12)9-6-4-3-5-7-9/h3-7,10H,2,8,12H2,1H3,(H,13,14). The topological polar surface area (TPSA) is 55.1 Å². The zero-order chi connectivity index (χ0) is 10.4. The minimum atomic E-state index is -0.226. The summed E-state index contributed by atoms with van der Waals surface area (Å²) in [7, 11) is 0. The third kappa shape index (κ3) is 2.57. The second-order valence-electron chi connectivity index (χ2n) is 3.09. The zero-order valence-corrected chi connectivity index (χ0v) is 8.36. The fourth-order valence-corrected chi connectivity index (χ4v) is 1.38. The van der Waals surface area contributed by atoms with E-state index < -0.39 is 0 Å². The van der Waals surface area contributed by atoms with Crippen LogP contribution in [0.2, 0.25) is 0 Å². The molecule has 0 bridgehead atoms. The highest BCUT2D eigenvalue weighted by Gasteiger charge is 2.17. The molecule has 1 atom stereocenters. The van der Waals surface area contributed by atoms with Gasteiger partial charge >= 0.3 is 0 Å². The molecule has 3 heteroatoms. The molecule has 0 saturated carbocycles. The third-order valence-electron chi connectivity index (χ3n) is 2.11. The van der Waals surface area contributed by atoms with Gasteiger partial charge in [0.25, 0.3) is 0 Å². The lowest BCUT2D eigenvalue weighted by Crippen LogP contribution is -2.33. The quantitative estimate of drug-likeness (QED) is 0.743. The molecule has 0 aliphatic rings. The van der Waals surface area contributed by atoms with Crippen LogP contribution in [0.1, 0.15) is 18.4 Å². The first kappa shape index (κ1) is 10.7. The van der Waals surface area contributed by atoms with E-state index in [0.717, 1.165) is 5.56 Å². The molecule has 0 spiro atoms. The van der Waals surface area contributed by atoms with E-state index in [-0.39, 0.29) is 11.8 Å². The van der Waals surface area contributed by atoms with E-state index in [2.05, 4.69) is 5.32 Å². The number of likely N-dealkylation sites (N-methyl/N-ethyl adjacent to an activating group) is 1. The first-order valence-electron chi connectivity index (χ1n) is 4.82. The van der Waals surface area contributed by atoms with Crippen LogP contribution in [0, 0.1) is 0 Å². The van der Waals surface area contributed by atoms with Crippen molar-refractivity contribution in [1.29, 1.82) is 0 Å². The fourth-order valence-electron chi connectivity index (χ4n) is 1.38. The summed E-state index contributed by atoms with van der Waals surface area (Å²) in [6.07, 6.45) is 0. The molecule has 0 radical (unpaired) electrons. The number of rotatable bonds is 4. The van der Waals surface area contributed by atoms with Crippen molar-refractivity contribution in [3.63, 3.8) is 0 Å². The molecule has 76 valence electrons. The predicted molar refractivity (Wildman–Crippen MR) is 56.9 cm³/mol. The molecule has 1 aromatic rings. The smallest absolute Gasteiger partial charge is 0.228 e. The Hall–Kier alpha value is -1.35. The fraction of sp³-hybridized carbons (Fsp3) is 0.364. The molecule has 1 rings (SSSR count). The largest absolute Gasteiger partial charge is 0.356 e. The van der Waals surface area contributed by atoms with Crippen LogP contribution in [-0.2, 0) is 4.79 Å². The Labute approximate surface area is 84.3 Å². The Morgan fingerprint density at radius 2 is 2.07 bits per heavy atom. The van der Waals surface area contributed by atoms with Crippen molar-refractivity contribution < 1.29 is 4.79 Å². The Morgan fingerprint density at radius 1 is 1.43 bits per heavy atom. The Kier molecular flexibility index (Phi) is 4.13. The van der Waals surface area contributed by atoms with E-state index in [1.807, 2.05) is 37.3 Å². The van der Waals surface area contributed by atoms with Crippen molar-refractivity contribution in [1.82, 2.24) is 5.32 Å². The van der Waals surface area contributed by atoms with Crippen molar-refractivity contribution in [3.05, 3.63) is 35.9 Å². The highest BCUT2D eigenvalue weighted by molar-refractivity contribution is 5.83. The number of amides is 1. The summed E-state index contributed by atoms with van der Waals surface area (Å²) >= 11 is 0. The molecule has 1 aromatic carbocycles. The molecule has 0 aromatic heterocycles. The van der Waals surface area contributed by atoms with Gasteiger partial charge in [-0.1, -0.05) is 30.3 Å². The Balaban J connectivity index is 2.77. The van der Waals surface area contributed by atoms with Crippen molar-refractivity contribution >= 4 is 5.91 Å².